The molecule has 1 fully saturated rings. The number of hydrogen-bond acceptors (Lipinski definition) is 2. The van der Waals surface area contributed by atoms with E-state index in [1.54, 1.807) is 0 Å². The lowest BCUT2D eigenvalue weighted by atomic mass is 9.88. The summed E-state index contributed by atoms with van der Waals surface area (Å²) in [4.78, 5) is 2.44. The number of nitrogens with zero attached hydrogens (tertiary/aromatic N) is 1. The van der Waals surface area contributed by atoms with Gasteiger partial charge in [-0.1, -0.05) is 37.3 Å². The van der Waals surface area contributed by atoms with Gasteiger partial charge in [-0.3, -0.25) is 4.90 Å². The maximum Gasteiger partial charge on any atom is 0.0409 e. The average Bonchev–Trinajstić information content (AvgIpc) is 2.24. The minimum absolute atomic E-state index is 0.108. The Bertz CT molecular complexity index is 302. The zero-order valence-corrected chi connectivity index (χ0v) is 9.45. The van der Waals surface area contributed by atoms with Crippen LogP contribution in [0.5, 0.6) is 0 Å². The lowest BCUT2D eigenvalue weighted by molar-refractivity contribution is 0.0693. The highest BCUT2D eigenvalue weighted by molar-refractivity contribution is 5.15. The SMILES string of the molecule is CCC1(N)CN(CCc2ccccc2)C1. The van der Waals surface area contributed by atoms with Gasteiger partial charge in [0.25, 0.3) is 0 Å². The van der Waals surface area contributed by atoms with Gasteiger partial charge in [0.15, 0.2) is 0 Å². The Morgan fingerprint density at radius 1 is 1.27 bits per heavy atom. The number of benzene rings is 1. The van der Waals surface area contributed by atoms with E-state index in [0.717, 1.165) is 32.5 Å². The maximum atomic E-state index is 6.12. The van der Waals surface area contributed by atoms with Crippen LogP contribution >= 0.6 is 0 Å². The molecule has 1 aliphatic heterocycles. The topological polar surface area (TPSA) is 29.3 Å². The van der Waals surface area contributed by atoms with Crippen molar-refractivity contribution >= 4 is 0 Å². The molecule has 0 radical (unpaired) electrons. The normalized spacial score (nSPS) is 19.9. The summed E-state index contributed by atoms with van der Waals surface area (Å²) in [5, 5.41) is 0. The van der Waals surface area contributed by atoms with E-state index in [1.807, 2.05) is 0 Å². The Labute approximate surface area is 92.1 Å². The molecule has 1 heterocycles. The van der Waals surface area contributed by atoms with Gasteiger partial charge in [-0.05, 0) is 18.4 Å². The molecule has 2 heteroatoms. The zero-order chi connectivity index (χ0) is 10.7. The van der Waals surface area contributed by atoms with Gasteiger partial charge in [0.2, 0.25) is 0 Å². The molecule has 0 spiro atoms. The first-order valence-corrected chi connectivity index (χ1v) is 5.77. The second-order valence-electron chi connectivity index (χ2n) is 4.66. The standard InChI is InChI=1S/C13H20N2/c1-2-13(14)10-15(11-13)9-8-12-6-4-3-5-7-12/h3-7H,2,8-11,14H2,1H3. The Balaban J connectivity index is 1.73. The quantitative estimate of drug-likeness (QED) is 0.808. The summed E-state index contributed by atoms with van der Waals surface area (Å²) < 4.78 is 0. The molecular weight excluding hydrogens is 184 g/mol. The molecule has 1 aromatic rings. The highest BCUT2D eigenvalue weighted by Gasteiger charge is 2.36. The first-order chi connectivity index (χ1) is 7.22. The molecular formula is C13H20N2. The van der Waals surface area contributed by atoms with Crippen molar-refractivity contribution in [2.75, 3.05) is 19.6 Å². The van der Waals surface area contributed by atoms with Crippen LogP contribution in [0.3, 0.4) is 0 Å². The Hall–Kier alpha value is -0.860. The summed E-state index contributed by atoms with van der Waals surface area (Å²) in [7, 11) is 0. The molecule has 0 amide bonds. The zero-order valence-electron chi connectivity index (χ0n) is 9.45. The molecule has 2 rings (SSSR count). The summed E-state index contributed by atoms with van der Waals surface area (Å²) >= 11 is 0. The summed E-state index contributed by atoms with van der Waals surface area (Å²) in [6.07, 6.45) is 2.23. The van der Waals surface area contributed by atoms with Gasteiger partial charge < -0.3 is 5.73 Å². The third-order valence-electron chi connectivity index (χ3n) is 3.34. The van der Waals surface area contributed by atoms with Crippen LogP contribution in [-0.4, -0.2) is 30.1 Å². The highest BCUT2D eigenvalue weighted by Crippen LogP contribution is 2.21. The lowest BCUT2D eigenvalue weighted by Crippen LogP contribution is -2.67. The van der Waals surface area contributed by atoms with Crippen LogP contribution in [0, 0.1) is 0 Å². The Morgan fingerprint density at radius 2 is 1.93 bits per heavy atom. The van der Waals surface area contributed by atoms with Crippen LogP contribution in [-0.2, 0) is 6.42 Å². The largest absolute Gasteiger partial charge is 0.323 e. The van der Waals surface area contributed by atoms with E-state index in [4.69, 9.17) is 5.73 Å². The number of hydrogen-bond donors (Lipinski definition) is 1. The number of likely N-dealkylation sites (tertiary alicyclic amines) is 1. The monoisotopic (exact) mass is 204 g/mol. The fourth-order valence-corrected chi connectivity index (χ4v) is 2.16. The van der Waals surface area contributed by atoms with Gasteiger partial charge in [0.05, 0.1) is 0 Å². The van der Waals surface area contributed by atoms with E-state index in [-0.39, 0.29) is 5.54 Å². The van der Waals surface area contributed by atoms with Gasteiger partial charge in [0, 0.05) is 25.2 Å². The molecule has 1 aromatic carbocycles. The molecule has 1 saturated heterocycles. The highest BCUT2D eigenvalue weighted by atomic mass is 15.2. The Kier molecular flexibility index (Phi) is 3.08. The summed E-state index contributed by atoms with van der Waals surface area (Å²) in [5.41, 5.74) is 7.65. The second kappa shape index (κ2) is 4.33. The molecule has 2 nitrogen and oxygen atoms in total. The third-order valence-corrected chi connectivity index (χ3v) is 3.34. The average molecular weight is 204 g/mol. The molecule has 82 valence electrons. The minimum Gasteiger partial charge on any atom is -0.323 e. The van der Waals surface area contributed by atoms with Gasteiger partial charge in [-0.25, -0.2) is 0 Å². The Morgan fingerprint density at radius 3 is 2.53 bits per heavy atom. The predicted molar refractivity (Wildman–Crippen MR) is 63.8 cm³/mol. The van der Waals surface area contributed by atoms with Crippen molar-refractivity contribution in [2.24, 2.45) is 5.73 Å². The summed E-state index contributed by atoms with van der Waals surface area (Å²) in [5.74, 6) is 0. The van der Waals surface area contributed by atoms with Crippen LogP contribution in [0.4, 0.5) is 0 Å². The predicted octanol–water partition coefficient (Wildman–Crippen LogP) is 1.65. The molecule has 0 unspecified atom stereocenters. The summed E-state index contributed by atoms with van der Waals surface area (Å²) in [6.45, 7) is 5.45. The van der Waals surface area contributed by atoms with Crippen molar-refractivity contribution in [3.63, 3.8) is 0 Å². The van der Waals surface area contributed by atoms with Crippen molar-refractivity contribution < 1.29 is 0 Å². The summed E-state index contributed by atoms with van der Waals surface area (Å²) in [6, 6.07) is 10.6. The van der Waals surface area contributed by atoms with Crippen LogP contribution in [0.15, 0.2) is 30.3 Å². The van der Waals surface area contributed by atoms with Crippen molar-refractivity contribution in [1.29, 1.82) is 0 Å². The molecule has 0 aliphatic carbocycles. The van der Waals surface area contributed by atoms with Crippen LogP contribution in [0.1, 0.15) is 18.9 Å². The molecule has 2 N–H and O–H groups in total. The fourth-order valence-electron chi connectivity index (χ4n) is 2.16. The van der Waals surface area contributed by atoms with Crippen molar-refractivity contribution in [2.45, 2.75) is 25.3 Å². The van der Waals surface area contributed by atoms with E-state index in [2.05, 4.69) is 42.2 Å². The maximum absolute atomic E-state index is 6.12. The number of rotatable bonds is 4. The van der Waals surface area contributed by atoms with Gasteiger partial charge in [0.1, 0.15) is 0 Å². The van der Waals surface area contributed by atoms with Gasteiger partial charge in [-0.15, -0.1) is 0 Å². The molecule has 15 heavy (non-hydrogen) atoms. The van der Waals surface area contributed by atoms with E-state index in [1.165, 1.54) is 5.56 Å². The van der Waals surface area contributed by atoms with E-state index in [9.17, 15) is 0 Å². The third kappa shape index (κ3) is 2.58. The van der Waals surface area contributed by atoms with Crippen molar-refractivity contribution in [3.05, 3.63) is 35.9 Å². The first-order valence-electron chi connectivity index (χ1n) is 5.77. The van der Waals surface area contributed by atoms with Gasteiger partial charge >= 0.3 is 0 Å². The molecule has 1 aliphatic rings. The van der Waals surface area contributed by atoms with E-state index in [0.29, 0.717) is 0 Å². The molecule has 0 atom stereocenters. The van der Waals surface area contributed by atoms with Crippen LogP contribution in [0.25, 0.3) is 0 Å². The number of nitrogens with two attached hydrogens (primary N) is 1. The lowest BCUT2D eigenvalue weighted by Gasteiger charge is -2.47. The van der Waals surface area contributed by atoms with Crippen molar-refractivity contribution in [1.82, 2.24) is 4.90 Å². The van der Waals surface area contributed by atoms with Crippen LogP contribution in [0.2, 0.25) is 0 Å². The smallest absolute Gasteiger partial charge is 0.0409 e. The van der Waals surface area contributed by atoms with Crippen LogP contribution < -0.4 is 5.73 Å². The van der Waals surface area contributed by atoms with E-state index >= 15 is 0 Å². The second-order valence-corrected chi connectivity index (χ2v) is 4.66. The first kappa shape index (κ1) is 10.7. The fraction of sp³-hybridized carbons (Fsp3) is 0.538. The minimum atomic E-state index is 0.108. The van der Waals surface area contributed by atoms with Crippen molar-refractivity contribution in [3.8, 4) is 0 Å². The molecule has 0 aromatic heterocycles. The molecule has 0 bridgehead atoms. The molecule has 0 saturated carbocycles. The van der Waals surface area contributed by atoms with E-state index < -0.39 is 0 Å². The van der Waals surface area contributed by atoms with Gasteiger partial charge in [-0.2, -0.15) is 0 Å².